The Balaban J connectivity index is 2.00. The van der Waals surface area contributed by atoms with Gasteiger partial charge >= 0.3 is 0 Å². The van der Waals surface area contributed by atoms with Gasteiger partial charge in [-0.2, -0.15) is 0 Å². The summed E-state index contributed by atoms with van der Waals surface area (Å²) < 4.78 is 7.12. The summed E-state index contributed by atoms with van der Waals surface area (Å²) in [5, 5.41) is 3.33. The molecule has 0 bridgehead atoms. The Morgan fingerprint density at radius 3 is 2.83 bits per heavy atom. The van der Waals surface area contributed by atoms with E-state index in [1.54, 1.807) is 19.2 Å². The lowest BCUT2D eigenvalue weighted by Crippen LogP contribution is -2.49. The molecule has 1 aromatic carbocycles. The van der Waals surface area contributed by atoms with E-state index in [2.05, 4.69) is 32.6 Å². The van der Waals surface area contributed by atoms with Gasteiger partial charge < -0.3 is 14.6 Å². The molecule has 0 unspecified atom stereocenters. The zero-order valence-electron chi connectivity index (χ0n) is 14.3. The highest BCUT2D eigenvalue weighted by molar-refractivity contribution is 7.80. The highest BCUT2D eigenvalue weighted by Crippen LogP contribution is 2.17. The maximum atomic E-state index is 12.2. The van der Waals surface area contributed by atoms with Crippen LogP contribution < -0.4 is 16.2 Å². The Morgan fingerprint density at radius 2 is 2.17 bits per heavy atom. The zero-order chi connectivity index (χ0) is 17.7. The van der Waals surface area contributed by atoms with Gasteiger partial charge in [-0.1, -0.05) is 0 Å². The molecule has 0 saturated carbocycles. The molecule has 1 aromatic heterocycles. The predicted molar refractivity (Wildman–Crippen MR) is 97.8 cm³/mol. The molecule has 0 spiro atoms. The first kappa shape index (κ1) is 18.2. The lowest BCUT2D eigenvalue weighted by molar-refractivity contribution is 0.0943. The molecule has 130 valence electrons. The summed E-state index contributed by atoms with van der Waals surface area (Å²) >= 11 is 5.12. The van der Waals surface area contributed by atoms with Gasteiger partial charge in [0, 0.05) is 25.3 Å². The molecule has 7 nitrogen and oxygen atoms in total. The second-order valence-electron chi connectivity index (χ2n) is 5.52. The van der Waals surface area contributed by atoms with E-state index >= 15 is 0 Å². The topological polar surface area (TPSA) is 80.2 Å². The first-order valence-electron chi connectivity index (χ1n) is 7.79. The number of benzene rings is 1. The van der Waals surface area contributed by atoms with Crippen molar-refractivity contribution in [3.8, 4) is 0 Å². The van der Waals surface area contributed by atoms with Crippen LogP contribution >= 0.6 is 12.2 Å². The second kappa shape index (κ2) is 8.07. The van der Waals surface area contributed by atoms with Gasteiger partial charge in [0.2, 0.25) is 0 Å². The highest BCUT2D eigenvalue weighted by atomic mass is 32.1. The summed E-state index contributed by atoms with van der Waals surface area (Å²) in [6.45, 7) is 7.31. The first-order chi connectivity index (χ1) is 11.5. The van der Waals surface area contributed by atoms with Crippen LogP contribution in [0.25, 0.3) is 11.0 Å². The maximum Gasteiger partial charge on any atom is 0.269 e. The average Bonchev–Trinajstić information content (AvgIpc) is 2.86. The molecule has 3 N–H and O–H groups in total. The number of fused-ring (bicyclic) bond motifs is 1. The number of imidazole rings is 1. The van der Waals surface area contributed by atoms with Gasteiger partial charge in [-0.15, -0.1) is 0 Å². The SMILES string of the molecule is CCn1c(C)nc2cc(C(=O)NNC(=S)N[C@@H](C)COC)ccc21. The van der Waals surface area contributed by atoms with E-state index in [0.717, 1.165) is 23.4 Å². The fourth-order valence-electron chi connectivity index (χ4n) is 2.53. The number of hydrogen-bond acceptors (Lipinski definition) is 4. The Bertz CT molecular complexity index is 743. The molecule has 0 aliphatic heterocycles. The van der Waals surface area contributed by atoms with Gasteiger partial charge in [-0.25, -0.2) is 4.98 Å². The number of methoxy groups -OCH3 is 1. The third-order valence-corrected chi connectivity index (χ3v) is 3.82. The smallest absolute Gasteiger partial charge is 0.269 e. The van der Waals surface area contributed by atoms with Crippen molar-refractivity contribution >= 4 is 34.3 Å². The molecule has 2 rings (SSSR count). The van der Waals surface area contributed by atoms with E-state index in [9.17, 15) is 4.79 Å². The Kier molecular flexibility index (Phi) is 6.10. The number of nitrogens with one attached hydrogen (secondary N) is 3. The molecular weight excluding hydrogens is 326 g/mol. The number of carbonyl (C=O) groups excluding carboxylic acids is 1. The molecule has 0 fully saturated rings. The van der Waals surface area contributed by atoms with Crippen LogP contribution in [0.2, 0.25) is 0 Å². The quantitative estimate of drug-likeness (QED) is 0.561. The predicted octanol–water partition coefficient (Wildman–Crippen LogP) is 1.51. The van der Waals surface area contributed by atoms with E-state index in [-0.39, 0.29) is 11.9 Å². The fourth-order valence-corrected chi connectivity index (χ4v) is 2.78. The van der Waals surface area contributed by atoms with Crippen molar-refractivity contribution in [1.82, 2.24) is 25.7 Å². The average molecular weight is 349 g/mol. The Hall–Kier alpha value is -2.19. The van der Waals surface area contributed by atoms with Crippen molar-refractivity contribution in [2.24, 2.45) is 0 Å². The summed E-state index contributed by atoms with van der Waals surface area (Å²) in [5.74, 6) is 0.657. The third kappa shape index (κ3) is 4.21. The standard InChI is InChI=1S/C16H23N5O2S/c1-5-21-11(3)18-13-8-12(6-7-14(13)21)15(22)19-20-16(24)17-10(2)9-23-4/h6-8,10H,5,9H2,1-4H3,(H,19,22)(H2,17,20,24)/t10-/m0/s1. The minimum absolute atomic E-state index is 0.0456. The number of carbonyl (C=O) groups is 1. The van der Waals surface area contributed by atoms with Crippen molar-refractivity contribution in [3.05, 3.63) is 29.6 Å². The van der Waals surface area contributed by atoms with E-state index in [1.807, 2.05) is 19.9 Å². The van der Waals surface area contributed by atoms with Crippen molar-refractivity contribution < 1.29 is 9.53 Å². The summed E-state index contributed by atoms with van der Waals surface area (Å²) in [4.78, 5) is 16.7. The van der Waals surface area contributed by atoms with Crippen LogP contribution in [0.3, 0.4) is 0 Å². The van der Waals surface area contributed by atoms with Gasteiger partial charge in [0.25, 0.3) is 5.91 Å². The molecule has 1 atom stereocenters. The van der Waals surface area contributed by atoms with Crippen LogP contribution in [0.4, 0.5) is 0 Å². The van der Waals surface area contributed by atoms with E-state index < -0.39 is 0 Å². The molecular formula is C16H23N5O2S. The number of rotatable bonds is 5. The van der Waals surface area contributed by atoms with Crippen molar-refractivity contribution in [1.29, 1.82) is 0 Å². The number of ether oxygens (including phenoxy) is 1. The van der Waals surface area contributed by atoms with Gasteiger partial charge in [-0.05, 0) is 51.2 Å². The van der Waals surface area contributed by atoms with Crippen LogP contribution in [0, 0.1) is 6.92 Å². The van der Waals surface area contributed by atoms with Gasteiger partial charge in [0.1, 0.15) is 5.82 Å². The largest absolute Gasteiger partial charge is 0.383 e. The van der Waals surface area contributed by atoms with Gasteiger partial charge in [-0.3, -0.25) is 15.6 Å². The minimum atomic E-state index is -0.274. The number of thiocarbonyl (C=S) groups is 1. The Labute approximate surface area is 146 Å². The van der Waals surface area contributed by atoms with Crippen LogP contribution in [0.15, 0.2) is 18.2 Å². The molecule has 0 aliphatic carbocycles. The molecule has 8 heteroatoms. The summed E-state index contributed by atoms with van der Waals surface area (Å²) in [6, 6.07) is 5.50. The first-order valence-corrected chi connectivity index (χ1v) is 8.19. The van der Waals surface area contributed by atoms with Crippen LogP contribution in [0.5, 0.6) is 0 Å². The number of aromatic nitrogens is 2. The summed E-state index contributed by atoms with van der Waals surface area (Å²) in [5.41, 5.74) is 7.60. The van der Waals surface area contributed by atoms with Gasteiger partial charge in [0.15, 0.2) is 5.11 Å². The van der Waals surface area contributed by atoms with Crippen LogP contribution in [-0.4, -0.2) is 40.3 Å². The van der Waals surface area contributed by atoms with Crippen molar-refractivity contribution in [2.45, 2.75) is 33.4 Å². The number of hydrazine groups is 1. The Morgan fingerprint density at radius 1 is 1.42 bits per heavy atom. The molecule has 0 radical (unpaired) electrons. The molecule has 1 amide bonds. The fraction of sp³-hybridized carbons (Fsp3) is 0.438. The monoisotopic (exact) mass is 349 g/mol. The zero-order valence-corrected chi connectivity index (χ0v) is 15.2. The van der Waals surface area contributed by atoms with Crippen molar-refractivity contribution in [3.63, 3.8) is 0 Å². The molecule has 24 heavy (non-hydrogen) atoms. The number of aryl methyl sites for hydroxylation is 2. The third-order valence-electron chi connectivity index (χ3n) is 3.60. The second-order valence-corrected chi connectivity index (χ2v) is 5.92. The molecule has 2 aromatic rings. The van der Waals surface area contributed by atoms with Crippen LogP contribution in [0.1, 0.15) is 30.0 Å². The lowest BCUT2D eigenvalue weighted by atomic mass is 10.2. The molecule has 0 aliphatic rings. The number of hydrogen-bond donors (Lipinski definition) is 3. The van der Waals surface area contributed by atoms with Crippen molar-refractivity contribution in [2.75, 3.05) is 13.7 Å². The number of amides is 1. The highest BCUT2D eigenvalue weighted by Gasteiger charge is 2.11. The van der Waals surface area contributed by atoms with E-state index in [0.29, 0.717) is 17.3 Å². The normalized spacial score (nSPS) is 12.0. The lowest BCUT2D eigenvalue weighted by Gasteiger charge is -2.16. The maximum absolute atomic E-state index is 12.2. The molecule has 0 saturated heterocycles. The molecule has 1 heterocycles. The minimum Gasteiger partial charge on any atom is -0.383 e. The number of nitrogens with zero attached hydrogens (tertiary/aromatic N) is 2. The van der Waals surface area contributed by atoms with E-state index in [1.165, 1.54) is 0 Å². The summed E-state index contributed by atoms with van der Waals surface area (Å²) in [7, 11) is 1.62. The summed E-state index contributed by atoms with van der Waals surface area (Å²) in [6.07, 6.45) is 0. The van der Waals surface area contributed by atoms with E-state index in [4.69, 9.17) is 17.0 Å². The van der Waals surface area contributed by atoms with Crippen LogP contribution in [-0.2, 0) is 11.3 Å². The van der Waals surface area contributed by atoms with Gasteiger partial charge in [0.05, 0.1) is 17.6 Å².